The molecule has 134 valence electrons. The SMILES string of the molecule is CCCCCCCC/C=C\CCCCCCCCO.C[SiH2]C. The number of hydrogen-bond acceptors (Lipinski definition) is 1. The second-order valence-corrected chi connectivity index (χ2v) is 7.78. The Morgan fingerprint density at radius 3 is 1.41 bits per heavy atom. The van der Waals surface area contributed by atoms with Crippen LogP contribution in [0.25, 0.3) is 0 Å². The number of hydrogen-bond donors (Lipinski definition) is 1. The lowest BCUT2D eigenvalue weighted by molar-refractivity contribution is 0.282. The van der Waals surface area contributed by atoms with Crippen LogP contribution in [-0.2, 0) is 0 Å². The van der Waals surface area contributed by atoms with Gasteiger partial charge in [0, 0.05) is 16.1 Å². The maximum absolute atomic E-state index is 8.66. The minimum absolute atomic E-state index is 0.362. The number of allylic oxidation sites excluding steroid dienone is 2. The van der Waals surface area contributed by atoms with Gasteiger partial charge in [0.1, 0.15) is 0 Å². The van der Waals surface area contributed by atoms with Crippen molar-refractivity contribution in [2.24, 2.45) is 0 Å². The molecule has 0 unspecified atom stereocenters. The topological polar surface area (TPSA) is 20.2 Å². The van der Waals surface area contributed by atoms with E-state index >= 15 is 0 Å². The van der Waals surface area contributed by atoms with E-state index in [9.17, 15) is 0 Å². The minimum atomic E-state index is 0.362. The Hall–Kier alpha value is -0.0831. The van der Waals surface area contributed by atoms with Gasteiger partial charge in [0.2, 0.25) is 0 Å². The van der Waals surface area contributed by atoms with Crippen LogP contribution in [0.15, 0.2) is 12.2 Å². The molecular weight excluding hydrogens is 284 g/mol. The van der Waals surface area contributed by atoms with E-state index in [1.807, 2.05) is 0 Å². The molecule has 0 aliphatic heterocycles. The van der Waals surface area contributed by atoms with Crippen molar-refractivity contribution >= 4 is 9.52 Å². The third-order valence-corrected chi connectivity index (χ3v) is 3.67. The monoisotopic (exact) mass is 328 g/mol. The van der Waals surface area contributed by atoms with Gasteiger partial charge < -0.3 is 5.11 Å². The van der Waals surface area contributed by atoms with E-state index in [1.54, 1.807) is 0 Å². The molecule has 0 aromatic heterocycles. The highest BCUT2D eigenvalue weighted by Gasteiger charge is 1.90. The first-order chi connectivity index (χ1) is 10.8. The minimum Gasteiger partial charge on any atom is -0.396 e. The van der Waals surface area contributed by atoms with Gasteiger partial charge >= 0.3 is 0 Å². The van der Waals surface area contributed by atoms with E-state index < -0.39 is 0 Å². The summed E-state index contributed by atoms with van der Waals surface area (Å²) in [4.78, 5) is 0. The number of rotatable bonds is 15. The molecule has 0 atom stereocenters. The Balaban J connectivity index is 0. The number of unbranched alkanes of at least 4 members (excludes halogenated alkanes) is 12. The highest BCUT2D eigenvalue weighted by Crippen LogP contribution is 2.09. The molecule has 0 fully saturated rings. The smallest absolute Gasteiger partial charge is 0.0431 e. The predicted molar refractivity (Wildman–Crippen MR) is 107 cm³/mol. The van der Waals surface area contributed by atoms with Crippen LogP contribution in [0.2, 0.25) is 13.1 Å². The molecule has 0 aliphatic rings. The Labute approximate surface area is 143 Å². The first kappa shape index (κ1) is 24.2. The summed E-state index contributed by atoms with van der Waals surface area (Å²) in [6.07, 6.45) is 23.2. The van der Waals surface area contributed by atoms with E-state index in [2.05, 4.69) is 32.2 Å². The predicted octanol–water partition coefficient (Wildman–Crippen LogP) is 6.27. The first-order valence-corrected chi connectivity index (χ1v) is 12.9. The second kappa shape index (κ2) is 25.8. The number of aliphatic hydroxyl groups excluding tert-OH is 1. The van der Waals surface area contributed by atoms with Crippen molar-refractivity contribution in [1.82, 2.24) is 0 Å². The van der Waals surface area contributed by atoms with Crippen molar-refractivity contribution in [2.45, 2.75) is 110 Å². The Morgan fingerprint density at radius 2 is 1.00 bits per heavy atom. The maximum atomic E-state index is 8.66. The summed E-state index contributed by atoms with van der Waals surface area (Å²) in [5.74, 6) is 0. The summed E-state index contributed by atoms with van der Waals surface area (Å²) in [6, 6.07) is 0. The van der Waals surface area contributed by atoms with Gasteiger partial charge in [0.05, 0.1) is 0 Å². The Morgan fingerprint density at radius 1 is 0.636 bits per heavy atom. The average Bonchev–Trinajstić information content (AvgIpc) is 2.52. The van der Waals surface area contributed by atoms with Crippen LogP contribution in [-0.4, -0.2) is 21.2 Å². The molecular formula is C20H44OSi. The molecule has 0 aromatic rings. The van der Waals surface area contributed by atoms with Gasteiger partial charge in [-0.05, 0) is 32.1 Å². The normalized spacial score (nSPS) is 10.7. The van der Waals surface area contributed by atoms with Crippen LogP contribution in [0.5, 0.6) is 0 Å². The lowest BCUT2D eigenvalue weighted by Crippen LogP contribution is -1.83. The molecule has 1 N–H and O–H groups in total. The standard InChI is InChI=1S/C18H36O.C2H8Si/c1-2-3-4-5-6-7-8-9-10-11-12-13-14-15-16-17-18-19;1-3-2/h9-10,19H,2-8,11-18H2,1H3;3H2,1-2H3/b10-9-;. The molecule has 0 amide bonds. The molecule has 0 bridgehead atoms. The zero-order valence-electron chi connectivity index (χ0n) is 15.9. The third kappa shape index (κ3) is 28.1. The molecule has 0 radical (unpaired) electrons. The summed E-state index contributed by atoms with van der Waals surface area (Å²) in [6.45, 7) is 7.16. The van der Waals surface area contributed by atoms with Crippen molar-refractivity contribution in [3.63, 3.8) is 0 Å². The first-order valence-electron chi connectivity index (χ1n) is 10.1. The lowest BCUT2D eigenvalue weighted by atomic mass is 10.1. The van der Waals surface area contributed by atoms with E-state index in [1.165, 1.54) is 83.5 Å². The largest absolute Gasteiger partial charge is 0.396 e. The van der Waals surface area contributed by atoms with Crippen LogP contribution in [0.1, 0.15) is 96.8 Å². The van der Waals surface area contributed by atoms with Gasteiger partial charge in [-0.2, -0.15) is 0 Å². The maximum Gasteiger partial charge on any atom is 0.0431 e. The van der Waals surface area contributed by atoms with Gasteiger partial charge in [-0.15, -0.1) is 0 Å². The Kier molecular flexibility index (Phi) is 28.4. The molecule has 1 nitrogen and oxygen atoms in total. The molecule has 0 aliphatic carbocycles. The third-order valence-electron chi connectivity index (χ3n) is 3.67. The summed E-state index contributed by atoms with van der Waals surface area (Å²) in [5.41, 5.74) is 0. The van der Waals surface area contributed by atoms with Crippen LogP contribution in [0.3, 0.4) is 0 Å². The molecule has 2 heteroatoms. The van der Waals surface area contributed by atoms with Crippen molar-refractivity contribution < 1.29 is 5.11 Å². The van der Waals surface area contributed by atoms with E-state index in [0.29, 0.717) is 16.1 Å². The Bertz CT molecular complexity index is 192. The van der Waals surface area contributed by atoms with Crippen molar-refractivity contribution in [3.05, 3.63) is 12.2 Å². The molecule has 0 rings (SSSR count). The summed E-state index contributed by atoms with van der Waals surface area (Å²) >= 11 is 0. The van der Waals surface area contributed by atoms with E-state index in [4.69, 9.17) is 5.11 Å². The molecule has 0 heterocycles. The van der Waals surface area contributed by atoms with Gasteiger partial charge in [-0.25, -0.2) is 0 Å². The highest BCUT2D eigenvalue weighted by molar-refractivity contribution is 6.31. The molecule has 0 saturated heterocycles. The van der Waals surface area contributed by atoms with Crippen molar-refractivity contribution in [1.29, 1.82) is 0 Å². The molecule has 0 aromatic carbocycles. The fraction of sp³-hybridized carbons (Fsp3) is 0.900. The van der Waals surface area contributed by atoms with Crippen molar-refractivity contribution in [3.8, 4) is 0 Å². The second-order valence-electron chi connectivity index (χ2n) is 6.37. The number of aliphatic hydroxyl groups is 1. The zero-order chi connectivity index (χ0) is 16.7. The van der Waals surface area contributed by atoms with Crippen LogP contribution >= 0.6 is 0 Å². The van der Waals surface area contributed by atoms with Gasteiger partial charge in [0.25, 0.3) is 0 Å². The fourth-order valence-electron chi connectivity index (χ4n) is 2.36. The molecule has 0 spiro atoms. The van der Waals surface area contributed by atoms with Gasteiger partial charge in [-0.1, -0.05) is 90.0 Å². The van der Waals surface area contributed by atoms with Crippen LogP contribution in [0, 0.1) is 0 Å². The fourth-order valence-corrected chi connectivity index (χ4v) is 2.36. The van der Waals surface area contributed by atoms with Crippen LogP contribution < -0.4 is 0 Å². The lowest BCUT2D eigenvalue weighted by Gasteiger charge is -1.99. The molecule has 22 heavy (non-hydrogen) atoms. The van der Waals surface area contributed by atoms with Crippen molar-refractivity contribution in [2.75, 3.05) is 6.61 Å². The van der Waals surface area contributed by atoms with Gasteiger partial charge in [-0.3, -0.25) is 0 Å². The van der Waals surface area contributed by atoms with E-state index in [-0.39, 0.29) is 0 Å². The van der Waals surface area contributed by atoms with Gasteiger partial charge in [0.15, 0.2) is 0 Å². The molecule has 0 saturated carbocycles. The quantitative estimate of drug-likeness (QED) is 0.213. The summed E-state index contributed by atoms with van der Waals surface area (Å²) in [7, 11) is 0.417. The van der Waals surface area contributed by atoms with E-state index in [0.717, 1.165) is 6.42 Å². The zero-order valence-corrected chi connectivity index (χ0v) is 17.3. The summed E-state index contributed by atoms with van der Waals surface area (Å²) in [5, 5.41) is 8.66. The van der Waals surface area contributed by atoms with Crippen LogP contribution in [0.4, 0.5) is 0 Å². The average molecular weight is 329 g/mol. The highest BCUT2D eigenvalue weighted by atomic mass is 28.2. The summed E-state index contributed by atoms with van der Waals surface area (Å²) < 4.78 is 0.